The zero-order valence-electron chi connectivity index (χ0n) is 5.18. The predicted molar refractivity (Wildman–Crippen MR) is 35.6 cm³/mol. The molecule has 5 nitrogen and oxygen atoms in total. The molecule has 1 aromatic rings. The second-order valence-electron chi connectivity index (χ2n) is 1.82. The van der Waals surface area contributed by atoms with Gasteiger partial charge in [0.25, 0.3) is 5.56 Å². The Kier molecular flexibility index (Phi) is 1.68. The molecule has 0 amide bonds. The minimum Gasteiger partial charge on any atom is -0.325 e. The van der Waals surface area contributed by atoms with Gasteiger partial charge in [-0.3, -0.25) is 9.78 Å². The van der Waals surface area contributed by atoms with Crippen LogP contribution in [0, 0.1) is 0 Å². The molecular weight excluding hydrogens is 134 g/mol. The zero-order valence-corrected chi connectivity index (χ0v) is 5.18. The van der Waals surface area contributed by atoms with Gasteiger partial charge in [-0.25, -0.2) is 4.79 Å². The van der Waals surface area contributed by atoms with Crippen molar-refractivity contribution in [2.45, 2.75) is 6.54 Å². The lowest BCUT2D eigenvalue weighted by atomic mass is 10.4. The van der Waals surface area contributed by atoms with Gasteiger partial charge in [-0.1, -0.05) is 0 Å². The second-order valence-corrected chi connectivity index (χ2v) is 1.82. The molecule has 54 valence electrons. The second kappa shape index (κ2) is 2.49. The average molecular weight is 141 g/mol. The summed E-state index contributed by atoms with van der Waals surface area (Å²) in [5.74, 6) is 0. The van der Waals surface area contributed by atoms with Crippen LogP contribution in [0.1, 0.15) is 5.69 Å². The monoisotopic (exact) mass is 141 g/mol. The first-order valence-electron chi connectivity index (χ1n) is 2.75. The molecule has 4 N–H and O–H groups in total. The average Bonchev–Trinajstić information content (AvgIpc) is 1.85. The van der Waals surface area contributed by atoms with Crippen molar-refractivity contribution in [1.82, 2.24) is 9.97 Å². The van der Waals surface area contributed by atoms with Crippen molar-refractivity contribution >= 4 is 0 Å². The molecule has 0 radical (unpaired) electrons. The molecule has 0 fully saturated rings. The largest absolute Gasteiger partial charge is 0.325 e. The molecule has 0 saturated carbocycles. The van der Waals surface area contributed by atoms with Gasteiger partial charge in [0.05, 0.1) is 0 Å². The van der Waals surface area contributed by atoms with E-state index < -0.39 is 11.2 Å². The first-order chi connectivity index (χ1) is 4.72. The van der Waals surface area contributed by atoms with Gasteiger partial charge >= 0.3 is 5.69 Å². The highest BCUT2D eigenvalue weighted by atomic mass is 16.2. The van der Waals surface area contributed by atoms with Crippen molar-refractivity contribution in [1.29, 1.82) is 0 Å². The molecule has 1 rings (SSSR count). The van der Waals surface area contributed by atoms with Crippen molar-refractivity contribution < 1.29 is 0 Å². The van der Waals surface area contributed by atoms with Crippen LogP contribution in [0.25, 0.3) is 0 Å². The fraction of sp³-hybridized carbons (Fsp3) is 0.200. The number of hydrogen-bond acceptors (Lipinski definition) is 3. The van der Waals surface area contributed by atoms with Gasteiger partial charge in [0.1, 0.15) is 0 Å². The van der Waals surface area contributed by atoms with E-state index in [0.717, 1.165) is 0 Å². The summed E-state index contributed by atoms with van der Waals surface area (Å²) in [6.07, 6.45) is 0. The van der Waals surface area contributed by atoms with Crippen molar-refractivity contribution in [2.75, 3.05) is 0 Å². The van der Waals surface area contributed by atoms with Gasteiger partial charge in [0, 0.05) is 18.3 Å². The molecule has 0 aliphatic heterocycles. The van der Waals surface area contributed by atoms with Crippen molar-refractivity contribution in [3.8, 4) is 0 Å². The van der Waals surface area contributed by atoms with E-state index in [2.05, 4.69) is 4.98 Å². The van der Waals surface area contributed by atoms with Gasteiger partial charge in [-0.05, 0) is 0 Å². The molecule has 1 aromatic heterocycles. The lowest BCUT2D eigenvalue weighted by Crippen LogP contribution is -2.23. The standard InChI is InChI=1S/C5H7N3O2/c6-2-3-1-4(9)8-5(10)7-3/h1H,2,6H2,(H2,7,8,9,10). The summed E-state index contributed by atoms with van der Waals surface area (Å²) in [4.78, 5) is 25.4. The Labute approximate surface area is 55.9 Å². The topological polar surface area (TPSA) is 91.7 Å². The van der Waals surface area contributed by atoms with Crippen LogP contribution in [0.3, 0.4) is 0 Å². The van der Waals surface area contributed by atoms with Crippen LogP contribution in [0.4, 0.5) is 0 Å². The molecule has 0 spiro atoms. The van der Waals surface area contributed by atoms with Crippen LogP contribution in [0.5, 0.6) is 0 Å². The van der Waals surface area contributed by atoms with E-state index >= 15 is 0 Å². The Balaban J connectivity index is 3.33. The van der Waals surface area contributed by atoms with E-state index in [-0.39, 0.29) is 6.54 Å². The van der Waals surface area contributed by atoms with Crippen molar-refractivity contribution in [3.63, 3.8) is 0 Å². The lowest BCUT2D eigenvalue weighted by Gasteiger charge is -1.91. The van der Waals surface area contributed by atoms with Crippen LogP contribution < -0.4 is 17.0 Å². The molecule has 0 saturated heterocycles. The summed E-state index contributed by atoms with van der Waals surface area (Å²) in [6, 6.07) is 1.25. The van der Waals surface area contributed by atoms with Crippen LogP contribution in [-0.4, -0.2) is 9.97 Å². The van der Waals surface area contributed by atoms with Crippen LogP contribution in [0.2, 0.25) is 0 Å². The SMILES string of the molecule is NCc1cc(=O)[nH]c(=O)[nH]1. The quantitative estimate of drug-likeness (QED) is 0.445. The third-order valence-corrected chi connectivity index (χ3v) is 1.04. The molecular formula is C5H7N3O2. The number of hydrogen-bond donors (Lipinski definition) is 3. The third kappa shape index (κ3) is 1.32. The van der Waals surface area contributed by atoms with Crippen molar-refractivity contribution in [3.05, 3.63) is 32.6 Å². The molecule has 0 atom stereocenters. The van der Waals surface area contributed by atoms with E-state index in [1.807, 2.05) is 4.98 Å². The number of aromatic amines is 2. The van der Waals surface area contributed by atoms with Crippen molar-refractivity contribution in [2.24, 2.45) is 5.73 Å². The molecule has 0 aliphatic rings. The first-order valence-corrected chi connectivity index (χ1v) is 2.75. The normalized spacial score (nSPS) is 9.70. The maximum Gasteiger partial charge on any atom is 0.325 e. The maximum atomic E-state index is 10.5. The molecule has 0 unspecified atom stereocenters. The van der Waals surface area contributed by atoms with E-state index in [1.165, 1.54) is 6.07 Å². The van der Waals surface area contributed by atoms with Gasteiger partial charge in [0.15, 0.2) is 0 Å². The number of aromatic nitrogens is 2. The smallest absolute Gasteiger partial charge is 0.325 e. The van der Waals surface area contributed by atoms with Gasteiger partial charge < -0.3 is 10.7 Å². The minimum absolute atomic E-state index is 0.166. The summed E-state index contributed by atoms with van der Waals surface area (Å²) in [6.45, 7) is 0.166. The number of rotatable bonds is 1. The summed E-state index contributed by atoms with van der Waals surface area (Å²) >= 11 is 0. The number of H-pyrrole nitrogens is 2. The Hall–Kier alpha value is -1.36. The summed E-state index contributed by atoms with van der Waals surface area (Å²) < 4.78 is 0. The highest BCUT2D eigenvalue weighted by Crippen LogP contribution is 1.77. The highest BCUT2D eigenvalue weighted by molar-refractivity contribution is 4.96. The lowest BCUT2D eigenvalue weighted by molar-refractivity contribution is 0.914. The Bertz CT molecular complexity index is 296. The summed E-state index contributed by atoms with van der Waals surface area (Å²) in [7, 11) is 0. The zero-order chi connectivity index (χ0) is 7.56. The van der Waals surface area contributed by atoms with E-state index in [9.17, 15) is 9.59 Å². The Morgan fingerprint density at radius 2 is 2.10 bits per heavy atom. The fourth-order valence-corrected chi connectivity index (χ4v) is 0.629. The Morgan fingerprint density at radius 1 is 1.40 bits per heavy atom. The summed E-state index contributed by atoms with van der Waals surface area (Å²) in [5, 5.41) is 0. The van der Waals surface area contributed by atoms with E-state index in [4.69, 9.17) is 5.73 Å². The predicted octanol–water partition coefficient (Wildman–Crippen LogP) is -1.48. The highest BCUT2D eigenvalue weighted by Gasteiger charge is 1.90. The van der Waals surface area contributed by atoms with Crippen LogP contribution in [-0.2, 0) is 6.54 Å². The van der Waals surface area contributed by atoms with Crippen LogP contribution >= 0.6 is 0 Å². The van der Waals surface area contributed by atoms with E-state index in [1.54, 1.807) is 0 Å². The molecule has 5 heteroatoms. The molecule has 0 aromatic carbocycles. The third-order valence-electron chi connectivity index (χ3n) is 1.04. The maximum absolute atomic E-state index is 10.5. The summed E-state index contributed by atoms with van der Waals surface area (Å²) in [5.41, 5.74) is 4.66. The molecule has 1 heterocycles. The van der Waals surface area contributed by atoms with Gasteiger partial charge in [0.2, 0.25) is 0 Å². The van der Waals surface area contributed by atoms with Gasteiger partial charge in [-0.2, -0.15) is 0 Å². The molecule has 0 aliphatic carbocycles. The van der Waals surface area contributed by atoms with Gasteiger partial charge in [-0.15, -0.1) is 0 Å². The minimum atomic E-state index is -0.520. The molecule has 0 bridgehead atoms. The first kappa shape index (κ1) is 6.76. The number of nitrogens with one attached hydrogen (secondary N) is 2. The number of nitrogens with two attached hydrogens (primary N) is 1. The van der Waals surface area contributed by atoms with E-state index in [0.29, 0.717) is 5.69 Å². The fourth-order valence-electron chi connectivity index (χ4n) is 0.629. The Morgan fingerprint density at radius 3 is 2.60 bits per heavy atom. The van der Waals surface area contributed by atoms with Crippen LogP contribution in [0.15, 0.2) is 15.7 Å². The molecule has 10 heavy (non-hydrogen) atoms.